The van der Waals surface area contributed by atoms with Gasteiger partial charge in [-0.3, -0.25) is 4.99 Å². The quantitative estimate of drug-likeness (QED) is 0.662. The van der Waals surface area contributed by atoms with Crippen LogP contribution in [0, 0.1) is 5.92 Å². The van der Waals surface area contributed by atoms with Crippen LogP contribution >= 0.6 is 0 Å². The lowest BCUT2D eigenvalue weighted by Crippen LogP contribution is -2.31. The van der Waals surface area contributed by atoms with Crippen molar-refractivity contribution in [2.75, 3.05) is 13.1 Å². The van der Waals surface area contributed by atoms with Crippen LogP contribution in [0.5, 0.6) is 0 Å². The lowest BCUT2D eigenvalue weighted by molar-refractivity contribution is 0.604. The monoisotopic (exact) mass is 204 g/mol. The molecule has 4 nitrogen and oxygen atoms in total. The lowest BCUT2D eigenvalue weighted by Gasteiger charge is -2.23. The minimum atomic E-state index is 0.299. The Bertz CT molecular complexity index is 340. The molecule has 2 aliphatic rings. The Balaban J connectivity index is 2.20. The van der Waals surface area contributed by atoms with Crippen LogP contribution in [0.2, 0.25) is 0 Å². The Kier molecular flexibility index (Phi) is 2.85. The van der Waals surface area contributed by atoms with Crippen LogP contribution < -0.4 is 10.7 Å². The number of hydrazone groups is 1. The second kappa shape index (κ2) is 4.29. The number of likely N-dealkylation sites (N-methyl/N-ethyl adjacent to an activating group) is 1. The predicted molar refractivity (Wildman–Crippen MR) is 63.2 cm³/mol. The molecule has 2 atom stereocenters. The van der Waals surface area contributed by atoms with Gasteiger partial charge >= 0.3 is 0 Å². The maximum atomic E-state index is 4.08. The number of hydrogen-bond acceptors (Lipinski definition) is 4. The summed E-state index contributed by atoms with van der Waals surface area (Å²) < 4.78 is 0. The van der Waals surface area contributed by atoms with Gasteiger partial charge in [-0.15, -0.1) is 0 Å². The minimum Gasteiger partial charge on any atom is -0.385 e. The zero-order chi connectivity index (χ0) is 10.7. The Morgan fingerprint density at radius 1 is 1.60 bits per heavy atom. The summed E-state index contributed by atoms with van der Waals surface area (Å²) >= 11 is 0. The van der Waals surface area contributed by atoms with E-state index in [2.05, 4.69) is 46.6 Å². The minimum absolute atomic E-state index is 0.299. The van der Waals surface area contributed by atoms with E-state index in [0.717, 1.165) is 12.2 Å². The van der Waals surface area contributed by atoms with Gasteiger partial charge in [-0.05, 0) is 25.3 Å². The van der Waals surface area contributed by atoms with Crippen molar-refractivity contribution in [1.82, 2.24) is 10.7 Å². The van der Waals surface area contributed by atoms with E-state index in [1.165, 1.54) is 5.57 Å². The zero-order valence-electron chi connectivity index (χ0n) is 8.90. The van der Waals surface area contributed by atoms with E-state index >= 15 is 0 Å². The van der Waals surface area contributed by atoms with Crippen molar-refractivity contribution in [1.29, 1.82) is 0 Å². The van der Waals surface area contributed by atoms with Crippen LogP contribution in [-0.4, -0.2) is 32.1 Å². The van der Waals surface area contributed by atoms with E-state index in [1.54, 1.807) is 0 Å². The fourth-order valence-corrected chi connectivity index (χ4v) is 1.92. The molecule has 80 valence electrons. The van der Waals surface area contributed by atoms with E-state index in [4.69, 9.17) is 0 Å². The first-order valence-corrected chi connectivity index (χ1v) is 5.23. The molecule has 15 heavy (non-hydrogen) atoms. The third-order valence-electron chi connectivity index (χ3n) is 2.62. The highest BCUT2D eigenvalue weighted by molar-refractivity contribution is 5.69. The summed E-state index contributed by atoms with van der Waals surface area (Å²) in [6.07, 6.45) is 6.33. The third kappa shape index (κ3) is 1.93. The van der Waals surface area contributed by atoms with Gasteiger partial charge in [0.25, 0.3) is 0 Å². The van der Waals surface area contributed by atoms with Crippen molar-refractivity contribution in [2.24, 2.45) is 16.0 Å². The SMILES string of the molecule is C=NCC1=CC2C=NNC2C=C1NCC. The van der Waals surface area contributed by atoms with Crippen LogP contribution in [-0.2, 0) is 0 Å². The summed E-state index contributed by atoms with van der Waals surface area (Å²) in [6, 6.07) is 0.299. The summed E-state index contributed by atoms with van der Waals surface area (Å²) in [5, 5.41) is 7.42. The molecule has 4 heteroatoms. The average molecular weight is 204 g/mol. The smallest absolute Gasteiger partial charge is 0.0756 e. The molecular weight excluding hydrogens is 188 g/mol. The Morgan fingerprint density at radius 2 is 2.47 bits per heavy atom. The van der Waals surface area contributed by atoms with Gasteiger partial charge in [-0.25, -0.2) is 0 Å². The largest absolute Gasteiger partial charge is 0.385 e. The van der Waals surface area contributed by atoms with Gasteiger partial charge in [0.05, 0.1) is 12.6 Å². The summed E-state index contributed by atoms with van der Waals surface area (Å²) in [5.41, 5.74) is 5.44. The van der Waals surface area contributed by atoms with Crippen molar-refractivity contribution in [3.63, 3.8) is 0 Å². The molecule has 0 spiro atoms. The van der Waals surface area contributed by atoms with E-state index in [-0.39, 0.29) is 0 Å². The Morgan fingerprint density at radius 3 is 3.20 bits per heavy atom. The molecule has 0 radical (unpaired) electrons. The number of rotatable bonds is 4. The molecule has 2 unspecified atom stereocenters. The molecule has 2 N–H and O–H groups in total. The van der Waals surface area contributed by atoms with E-state index < -0.39 is 0 Å². The van der Waals surface area contributed by atoms with Crippen molar-refractivity contribution in [3.8, 4) is 0 Å². The fourth-order valence-electron chi connectivity index (χ4n) is 1.92. The standard InChI is InChI=1S/C11H16N4/c1-3-13-10-5-11-9(7-14-15-11)4-8(10)6-12-2/h4-5,7,9,11,13,15H,2-3,6H2,1H3. The summed E-state index contributed by atoms with van der Waals surface area (Å²) in [6.45, 7) is 7.21. The average Bonchev–Trinajstić information content (AvgIpc) is 2.66. The summed E-state index contributed by atoms with van der Waals surface area (Å²) in [4.78, 5) is 3.94. The van der Waals surface area contributed by atoms with Gasteiger partial charge in [0.2, 0.25) is 0 Å². The molecule has 1 aliphatic heterocycles. The maximum absolute atomic E-state index is 4.08. The second-order valence-corrected chi connectivity index (χ2v) is 3.69. The number of nitrogens with zero attached hydrogens (tertiary/aromatic N) is 2. The first-order chi connectivity index (χ1) is 7.35. The van der Waals surface area contributed by atoms with Crippen molar-refractivity contribution >= 4 is 12.9 Å². The van der Waals surface area contributed by atoms with Gasteiger partial charge < -0.3 is 10.7 Å². The van der Waals surface area contributed by atoms with Crippen LogP contribution in [0.4, 0.5) is 0 Å². The van der Waals surface area contributed by atoms with Gasteiger partial charge in [0.1, 0.15) is 0 Å². The molecule has 0 aromatic carbocycles. The molecule has 0 bridgehead atoms. The Hall–Kier alpha value is -1.58. The predicted octanol–water partition coefficient (Wildman–Crippen LogP) is 0.694. The summed E-state index contributed by atoms with van der Waals surface area (Å²) in [5.74, 6) is 0.365. The van der Waals surface area contributed by atoms with Crippen LogP contribution in [0.1, 0.15) is 6.92 Å². The second-order valence-electron chi connectivity index (χ2n) is 3.69. The van der Waals surface area contributed by atoms with Gasteiger partial charge in [-0.2, -0.15) is 5.10 Å². The maximum Gasteiger partial charge on any atom is 0.0756 e. The van der Waals surface area contributed by atoms with Gasteiger partial charge in [-0.1, -0.05) is 6.08 Å². The van der Waals surface area contributed by atoms with Gasteiger partial charge in [0.15, 0.2) is 0 Å². The zero-order valence-corrected chi connectivity index (χ0v) is 8.90. The molecule has 0 amide bonds. The summed E-state index contributed by atoms with van der Waals surface area (Å²) in [7, 11) is 0. The highest BCUT2D eigenvalue weighted by atomic mass is 15.3. The molecule has 0 saturated carbocycles. The molecular formula is C11H16N4. The number of nitrogens with one attached hydrogen (secondary N) is 2. The number of aliphatic imine (C=N–C) groups is 1. The third-order valence-corrected chi connectivity index (χ3v) is 2.62. The fraction of sp³-hybridized carbons (Fsp3) is 0.455. The van der Waals surface area contributed by atoms with Crippen LogP contribution in [0.15, 0.2) is 33.5 Å². The van der Waals surface area contributed by atoms with Gasteiger partial charge in [0, 0.05) is 24.4 Å². The molecule has 0 saturated heterocycles. The Labute approximate surface area is 89.9 Å². The molecule has 0 fully saturated rings. The molecule has 2 rings (SSSR count). The lowest BCUT2D eigenvalue weighted by atomic mass is 9.91. The van der Waals surface area contributed by atoms with E-state index in [0.29, 0.717) is 18.5 Å². The van der Waals surface area contributed by atoms with Crippen molar-refractivity contribution < 1.29 is 0 Å². The first-order valence-electron chi connectivity index (χ1n) is 5.23. The number of hydrogen-bond donors (Lipinski definition) is 2. The first kappa shape index (κ1) is 9.96. The van der Waals surface area contributed by atoms with Crippen LogP contribution in [0.25, 0.3) is 0 Å². The number of fused-ring (bicyclic) bond motifs is 1. The van der Waals surface area contributed by atoms with E-state index in [1.807, 2.05) is 6.21 Å². The van der Waals surface area contributed by atoms with Crippen LogP contribution in [0.3, 0.4) is 0 Å². The molecule has 0 aromatic rings. The molecule has 1 aliphatic carbocycles. The topological polar surface area (TPSA) is 48.8 Å². The molecule has 0 aromatic heterocycles. The highest BCUT2D eigenvalue weighted by Crippen LogP contribution is 2.23. The van der Waals surface area contributed by atoms with Crippen molar-refractivity contribution in [3.05, 3.63) is 23.4 Å². The highest BCUT2D eigenvalue weighted by Gasteiger charge is 2.26. The van der Waals surface area contributed by atoms with E-state index in [9.17, 15) is 0 Å². The van der Waals surface area contributed by atoms with Crippen molar-refractivity contribution in [2.45, 2.75) is 13.0 Å². The normalized spacial score (nSPS) is 27.5. The molecule has 1 heterocycles.